The van der Waals surface area contributed by atoms with E-state index < -0.39 is 12.2 Å². The van der Waals surface area contributed by atoms with E-state index in [1.54, 1.807) is 42.5 Å². The van der Waals surface area contributed by atoms with Crippen molar-refractivity contribution in [2.45, 2.75) is 6.43 Å². The third-order valence-electron chi connectivity index (χ3n) is 6.60. The number of para-hydroxylation sites is 2. The Balaban J connectivity index is 1.60. The number of rotatable bonds is 9. The first-order valence-electron chi connectivity index (χ1n) is 12.9. The van der Waals surface area contributed by atoms with Gasteiger partial charge in [0.25, 0.3) is 12.3 Å². The maximum Gasteiger partial charge on any atom is 0.296 e. The molecule has 0 spiro atoms. The zero-order valence-electron chi connectivity index (χ0n) is 22.6. The number of anilines is 1. The standard InChI is InChI=1S/C28H31F2N7O3/c1-35(2)11-10-31-27(38)19-9-8-18(16-23(19)39-3)21-17-24(36-12-14-40-15-13-36)34-28(33-21)37-22-7-5-4-6-20(22)32-26(37)25(29)30/h4-9,16-17,25H,10-15H2,1-3H3,(H,31,38). The first kappa shape index (κ1) is 27.4. The third-order valence-corrected chi connectivity index (χ3v) is 6.60. The van der Waals surface area contributed by atoms with Crippen LogP contribution in [0.1, 0.15) is 22.6 Å². The molecule has 1 fully saturated rings. The molecule has 0 radical (unpaired) electrons. The number of carbonyl (C=O) groups is 1. The quantitative estimate of drug-likeness (QED) is 0.337. The molecule has 2 aromatic heterocycles. The number of benzene rings is 2. The number of hydrogen-bond acceptors (Lipinski definition) is 8. The van der Waals surface area contributed by atoms with Crippen molar-refractivity contribution in [2.75, 3.05) is 65.5 Å². The van der Waals surface area contributed by atoms with Crippen LogP contribution in [0, 0.1) is 0 Å². The Morgan fingerprint density at radius 1 is 1.10 bits per heavy atom. The van der Waals surface area contributed by atoms with Crippen molar-refractivity contribution in [2.24, 2.45) is 0 Å². The number of carbonyl (C=O) groups excluding carboxylic acids is 1. The molecule has 1 aliphatic rings. The summed E-state index contributed by atoms with van der Waals surface area (Å²) < 4.78 is 40.7. The van der Waals surface area contributed by atoms with E-state index in [1.807, 2.05) is 30.0 Å². The number of amides is 1. The molecule has 0 bridgehead atoms. The first-order valence-corrected chi connectivity index (χ1v) is 12.9. The van der Waals surface area contributed by atoms with Crippen LogP contribution in [0.5, 0.6) is 5.75 Å². The van der Waals surface area contributed by atoms with E-state index in [-0.39, 0.29) is 11.9 Å². The average molecular weight is 552 g/mol. The van der Waals surface area contributed by atoms with Crippen molar-refractivity contribution in [3.8, 4) is 23.0 Å². The predicted octanol–water partition coefficient (Wildman–Crippen LogP) is 3.56. The van der Waals surface area contributed by atoms with E-state index in [4.69, 9.17) is 19.4 Å². The minimum atomic E-state index is -2.84. The Morgan fingerprint density at radius 3 is 2.60 bits per heavy atom. The maximum atomic E-state index is 14.2. The monoisotopic (exact) mass is 551 g/mol. The summed E-state index contributed by atoms with van der Waals surface area (Å²) in [4.78, 5) is 30.4. The van der Waals surface area contributed by atoms with Crippen LogP contribution in [-0.2, 0) is 4.74 Å². The van der Waals surface area contributed by atoms with Gasteiger partial charge in [-0.15, -0.1) is 0 Å². The van der Waals surface area contributed by atoms with Gasteiger partial charge < -0.3 is 24.6 Å². The van der Waals surface area contributed by atoms with Gasteiger partial charge in [-0.1, -0.05) is 18.2 Å². The fraction of sp³-hybridized carbons (Fsp3) is 0.357. The molecule has 0 aliphatic carbocycles. The number of halogens is 2. The van der Waals surface area contributed by atoms with E-state index in [0.717, 1.165) is 0 Å². The third kappa shape index (κ3) is 5.73. The number of morpholine rings is 1. The molecule has 0 saturated carbocycles. The first-order chi connectivity index (χ1) is 19.4. The fourth-order valence-corrected chi connectivity index (χ4v) is 4.55. The van der Waals surface area contributed by atoms with Gasteiger partial charge in [-0.25, -0.2) is 18.7 Å². The highest BCUT2D eigenvalue weighted by atomic mass is 19.3. The molecule has 10 nitrogen and oxygen atoms in total. The van der Waals surface area contributed by atoms with Crippen LogP contribution in [0.3, 0.4) is 0 Å². The smallest absolute Gasteiger partial charge is 0.296 e. The summed E-state index contributed by atoms with van der Waals surface area (Å²) in [5.41, 5.74) is 2.41. The largest absolute Gasteiger partial charge is 0.496 e. The zero-order valence-corrected chi connectivity index (χ0v) is 22.6. The van der Waals surface area contributed by atoms with Crippen LogP contribution in [0.15, 0.2) is 48.5 Å². The molecule has 1 N–H and O–H groups in total. The second-order valence-electron chi connectivity index (χ2n) is 9.58. The molecule has 1 amide bonds. The lowest BCUT2D eigenvalue weighted by Crippen LogP contribution is -2.37. The van der Waals surface area contributed by atoms with Crippen LogP contribution in [0.2, 0.25) is 0 Å². The number of imidazole rings is 1. The van der Waals surface area contributed by atoms with E-state index in [2.05, 4.69) is 10.3 Å². The molecule has 12 heteroatoms. The van der Waals surface area contributed by atoms with E-state index >= 15 is 0 Å². The SMILES string of the molecule is COc1cc(-c2cc(N3CCOCC3)nc(-n3c(C(F)F)nc4ccccc43)n2)ccc1C(=O)NCCN(C)C. The van der Waals surface area contributed by atoms with Gasteiger partial charge in [0.05, 0.1) is 42.6 Å². The number of hydrogen-bond donors (Lipinski definition) is 1. The van der Waals surface area contributed by atoms with E-state index in [0.29, 0.717) is 78.8 Å². The van der Waals surface area contributed by atoms with Crippen LogP contribution in [-0.4, -0.2) is 90.9 Å². The zero-order chi connectivity index (χ0) is 28.2. The maximum absolute atomic E-state index is 14.2. The Hall–Kier alpha value is -4.16. The normalized spacial score (nSPS) is 13.8. The Morgan fingerprint density at radius 2 is 1.88 bits per heavy atom. The summed E-state index contributed by atoms with van der Waals surface area (Å²) in [7, 11) is 5.35. The summed E-state index contributed by atoms with van der Waals surface area (Å²) in [6.45, 7) is 3.42. The van der Waals surface area contributed by atoms with Gasteiger partial charge in [-0.3, -0.25) is 9.36 Å². The Bertz CT molecular complexity index is 1500. The lowest BCUT2D eigenvalue weighted by atomic mass is 10.1. The lowest BCUT2D eigenvalue weighted by Gasteiger charge is -2.28. The highest BCUT2D eigenvalue weighted by Crippen LogP contribution is 2.32. The van der Waals surface area contributed by atoms with Crippen molar-refractivity contribution in [1.29, 1.82) is 0 Å². The van der Waals surface area contributed by atoms with Gasteiger partial charge >= 0.3 is 0 Å². The number of nitrogens with one attached hydrogen (secondary N) is 1. The van der Waals surface area contributed by atoms with Crippen molar-refractivity contribution in [3.63, 3.8) is 0 Å². The number of nitrogens with zero attached hydrogens (tertiary/aromatic N) is 6. The van der Waals surface area contributed by atoms with Gasteiger partial charge in [0.15, 0.2) is 5.82 Å². The van der Waals surface area contributed by atoms with Crippen molar-refractivity contribution in [3.05, 3.63) is 59.9 Å². The predicted molar refractivity (Wildman–Crippen MR) is 148 cm³/mol. The van der Waals surface area contributed by atoms with E-state index in [1.165, 1.54) is 11.7 Å². The van der Waals surface area contributed by atoms with Crippen molar-refractivity contribution < 1.29 is 23.0 Å². The van der Waals surface area contributed by atoms with Crippen LogP contribution < -0.4 is 15.0 Å². The molecular weight excluding hydrogens is 520 g/mol. The van der Waals surface area contributed by atoms with Crippen LogP contribution in [0.4, 0.5) is 14.6 Å². The Labute approximate surface area is 230 Å². The molecule has 1 saturated heterocycles. The van der Waals surface area contributed by atoms with Gasteiger partial charge in [0.2, 0.25) is 5.95 Å². The molecular formula is C28H31F2N7O3. The summed E-state index contributed by atoms with van der Waals surface area (Å²) in [5, 5.41) is 2.89. The number of fused-ring (bicyclic) bond motifs is 1. The van der Waals surface area contributed by atoms with Gasteiger partial charge in [-0.05, 0) is 38.4 Å². The van der Waals surface area contributed by atoms with Gasteiger partial charge in [-0.2, -0.15) is 4.98 Å². The molecule has 210 valence electrons. The highest BCUT2D eigenvalue weighted by molar-refractivity contribution is 5.97. The van der Waals surface area contributed by atoms with Crippen molar-refractivity contribution >= 4 is 22.8 Å². The molecule has 1 aliphatic heterocycles. The van der Waals surface area contributed by atoms with Crippen molar-refractivity contribution in [1.82, 2.24) is 29.7 Å². The summed E-state index contributed by atoms with van der Waals surface area (Å²) in [6.07, 6.45) is -2.84. The van der Waals surface area contributed by atoms with Crippen LogP contribution in [0.25, 0.3) is 28.2 Å². The number of alkyl halides is 2. The minimum absolute atomic E-state index is 0.0764. The number of aromatic nitrogens is 4. The summed E-state index contributed by atoms with van der Waals surface area (Å²) in [5.74, 6) is 0.329. The molecule has 3 heterocycles. The number of likely N-dealkylation sites (N-methyl/N-ethyl adjacent to an activating group) is 1. The molecule has 0 unspecified atom stereocenters. The molecule has 2 aromatic carbocycles. The minimum Gasteiger partial charge on any atom is -0.496 e. The average Bonchev–Trinajstić information content (AvgIpc) is 3.37. The van der Waals surface area contributed by atoms with Crippen LogP contribution >= 0.6 is 0 Å². The molecule has 0 atom stereocenters. The molecule has 40 heavy (non-hydrogen) atoms. The highest BCUT2D eigenvalue weighted by Gasteiger charge is 2.24. The lowest BCUT2D eigenvalue weighted by molar-refractivity contribution is 0.0948. The second kappa shape index (κ2) is 11.9. The van der Waals surface area contributed by atoms with Gasteiger partial charge in [0, 0.05) is 37.8 Å². The summed E-state index contributed by atoms with van der Waals surface area (Å²) >= 11 is 0. The van der Waals surface area contributed by atoms with E-state index in [9.17, 15) is 13.6 Å². The molecule has 5 rings (SSSR count). The fourth-order valence-electron chi connectivity index (χ4n) is 4.55. The second-order valence-corrected chi connectivity index (χ2v) is 9.58. The topological polar surface area (TPSA) is 97.6 Å². The summed E-state index contributed by atoms with van der Waals surface area (Å²) in [6, 6.07) is 13.9. The Kier molecular flexibility index (Phi) is 8.17. The number of ether oxygens (including phenoxy) is 2. The molecule has 4 aromatic rings. The van der Waals surface area contributed by atoms with Gasteiger partial charge in [0.1, 0.15) is 11.6 Å². The number of methoxy groups -OCH3 is 1.